The molecule has 1 unspecified atom stereocenters. The van der Waals surface area contributed by atoms with E-state index in [9.17, 15) is 13.2 Å². The van der Waals surface area contributed by atoms with E-state index in [1.165, 1.54) is 6.26 Å². The van der Waals surface area contributed by atoms with E-state index >= 15 is 0 Å². The molecule has 2 aromatic heterocycles. The lowest BCUT2D eigenvalue weighted by atomic mass is 10.2. The van der Waals surface area contributed by atoms with Crippen LogP contribution in [-0.2, 0) is 16.4 Å². The number of hydrogen-bond acceptors (Lipinski definition) is 5. The van der Waals surface area contributed by atoms with Gasteiger partial charge in [-0.05, 0) is 31.2 Å². The van der Waals surface area contributed by atoms with Crippen molar-refractivity contribution in [2.75, 3.05) is 0 Å². The van der Waals surface area contributed by atoms with Crippen molar-refractivity contribution >= 4 is 16.0 Å². The molecule has 0 spiro atoms. The summed E-state index contributed by atoms with van der Waals surface area (Å²) >= 11 is 0. The van der Waals surface area contributed by atoms with Gasteiger partial charge in [-0.15, -0.1) is 0 Å². The predicted molar refractivity (Wildman–Crippen MR) is 67.9 cm³/mol. The highest BCUT2D eigenvalue weighted by atomic mass is 32.2. The first-order valence-corrected chi connectivity index (χ1v) is 7.24. The van der Waals surface area contributed by atoms with Gasteiger partial charge < -0.3 is 13.9 Å². The Morgan fingerprint density at radius 3 is 2.70 bits per heavy atom. The van der Waals surface area contributed by atoms with Crippen molar-refractivity contribution in [3.8, 4) is 0 Å². The second-order valence-corrected chi connectivity index (χ2v) is 5.87. The minimum Gasteiger partial charge on any atom is -0.475 e. The van der Waals surface area contributed by atoms with Crippen molar-refractivity contribution in [3.05, 3.63) is 42.0 Å². The molecule has 0 fully saturated rings. The van der Waals surface area contributed by atoms with Crippen molar-refractivity contribution < 1.29 is 27.2 Å². The van der Waals surface area contributed by atoms with Crippen molar-refractivity contribution in [1.82, 2.24) is 4.72 Å². The zero-order valence-corrected chi connectivity index (χ0v) is 11.4. The minimum atomic E-state index is -3.90. The molecule has 2 aromatic rings. The highest BCUT2D eigenvalue weighted by Gasteiger charge is 2.23. The maximum absolute atomic E-state index is 12.0. The number of furan rings is 2. The summed E-state index contributed by atoms with van der Waals surface area (Å²) in [4.78, 5) is 10.7. The number of carbonyl (C=O) groups is 1. The summed E-state index contributed by atoms with van der Waals surface area (Å²) in [6, 6.07) is 5.21. The van der Waals surface area contributed by atoms with Gasteiger partial charge in [0.05, 0.1) is 6.26 Å². The molecule has 108 valence electrons. The lowest BCUT2D eigenvalue weighted by molar-refractivity contribution is 0.0656. The lowest BCUT2D eigenvalue weighted by Crippen LogP contribution is -2.33. The van der Waals surface area contributed by atoms with E-state index in [1.807, 2.05) is 0 Å². The van der Waals surface area contributed by atoms with E-state index in [0.717, 1.165) is 12.1 Å². The van der Waals surface area contributed by atoms with Gasteiger partial charge in [0, 0.05) is 12.5 Å². The lowest BCUT2D eigenvalue weighted by Gasteiger charge is -2.11. The van der Waals surface area contributed by atoms with Gasteiger partial charge in [-0.25, -0.2) is 17.9 Å². The van der Waals surface area contributed by atoms with Gasteiger partial charge in [-0.3, -0.25) is 0 Å². The van der Waals surface area contributed by atoms with E-state index in [1.54, 1.807) is 19.1 Å². The highest BCUT2D eigenvalue weighted by Crippen LogP contribution is 2.15. The number of aromatic carboxylic acids is 1. The summed E-state index contributed by atoms with van der Waals surface area (Å²) in [7, 11) is -3.90. The molecule has 0 saturated heterocycles. The van der Waals surface area contributed by atoms with Gasteiger partial charge in [0.2, 0.25) is 10.9 Å². The molecule has 7 nitrogen and oxygen atoms in total. The number of carboxylic acid groups (broad SMARTS) is 1. The topological polar surface area (TPSA) is 110 Å². The Morgan fingerprint density at radius 2 is 2.15 bits per heavy atom. The average molecular weight is 299 g/mol. The summed E-state index contributed by atoms with van der Waals surface area (Å²) in [5.41, 5.74) is 0. The van der Waals surface area contributed by atoms with Crippen LogP contribution in [0.25, 0.3) is 0 Å². The molecule has 0 amide bonds. The number of hydrogen-bond donors (Lipinski definition) is 2. The molecule has 0 bridgehead atoms. The molecule has 2 rings (SSSR count). The van der Waals surface area contributed by atoms with Crippen molar-refractivity contribution in [3.63, 3.8) is 0 Å². The van der Waals surface area contributed by atoms with Crippen LogP contribution in [0.4, 0.5) is 0 Å². The molecule has 1 atom stereocenters. The van der Waals surface area contributed by atoms with Gasteiger partial charge in [-0.1, -0.05) is 0 Å². The second-order valence-electron chi connectivity index (χ2n) is 4.23. The molecule has 8 heteroatoms. The molecule has 0 aliphatic carbocycles. The molecule has 0 saturated carbocycles. The molecule has 0 radical (unpaired) electrons. The summed E-state index contributed by atoms with van der Waals surface area (Å²) < 4.78 is 36.2. The Hall–Kier alpha value is -2.06. The molecule has 2 heterocycles. The molecule has 0 aromatic carbocycles. The van der Waals surface area contributed by atoms with E-state index in [-0.39, 0.29) is 0 Å². The first-order chi connectivity index (χ1) is 9.38. The Kier molecular flexibility index (Phi) is 3.96. The number of nitrogens with one attached hydrogen (secondary N) is 1. The fourth-order valence-electron chi connectivity index (χ4n) is 1.67. The molecular formula is C12H13NO6S. The Bertz CT molecular complexity index is 685. The maximum Gasteiger partial charge on any atom is 0.371 e. The SMILES string of the molecule is CC(Cc1ccco1)NS(=O)(=O)c1ccc(C(=O)O)o1. The van der Waals surface area contributed by atoms with Crippen molar-refractivity contribution in [2.45, 2.75) is 24.5 Å². The Labute approximate surface area is 115 Å². The van der Waals surface area contributed by atoms with E-state index in [4.69, 9.17) is 13.9 Å². The van der Waals surface area contributed by atoms with Crippen molar-refractivity contribution in [1.29, 1.82) is 0 Å². The third-order valence-electron chi connectivity index (χ3n) is 2.50. The van der Waals surface area contributed by atoms with Gasteiger partial charge in [-0.2, -0.15) is 0 Å². The van der Waals surface area contributed by atoms with Gasteiger partial charge >= 0.3 is 5.97 Å². The minimum absolute atomic E-state index is 0.374. The number of rotatable bonds is 6. The quantitative estimate of drug-likeness (QED) is 0.836. The smallest absolute Gasteiger partial charge is 0.371 e. The summed E-state index contributed by atoms with van der Waals surface area (Å²) in [5.74, 6) is -1.11. The van der Waals surface area contributed by atoms with E-state index in [0.29, 0.717) is 12.2 Å². The molecule has 0 aliphatic heterocycles. The number of carboxylic acids is 1. The van der Waals surface area contributed by atoms with E-state index < -0.39 is 32.9 Å². The molecule has 0 aliphatic rings. The highest BCUT2D eigenvalue weighted by molar-refractivity contribution is 7.89. The van der Waals surface area contributed by atoms with Gasteiger partial charge in [0.25, 0.3) is 10.0 Å². The maximum atomic E-state index is 12.0. The average Bonchev–Trinajstić information content (AvgIpc) is 2.97. The first kappa shape index (κ1) is 14.4. The zero-order valence-electron chi connectivity index (χ0n) is 10.6. The standard InChI is InChI=1S/C12H13NO6S/c1-8(7-9-3-2-6-18-9)13-20(16,17)11-5-4-10(19-11)12(14)15/h2-6,8,13H,7H2,1H3,(H,14,15). The van der Waals surface area contributed by atoms with Crippen LogP contribution in [0.1, 0.15) is 23.2 Å². The second kappa shape index (κ2) is 5.51. The van der Waals surface area contributed by atoms with Crippen LogP contribution in [0.3, 0.4) is 0 Å². The summed E-state index contributed by atoms with van der Waals surface area (Å²) in [6.45, 7) is 1.67. The van der Waals surface area contributed by atoms with Crippen LogP contribution in [0.15, 0.2) is 44.5 Å². The fraction of sp³-hybridized carbons (Fsp3) is 0.250. The van der Waals surface area contributed by atoms with Crippen LogP contribution in [-0.4, -0.2) is 25.5 Å². The summed E-state index contributed by atoms with van der Waals surface area (Å²) in [6.07, 6.45) is 1.88. The number of sulfonamides is 1. The van der Waals surface area contributed by atoms with Gasteiger partial charge in [0.1, 0.15) is 5.76 Å². The molecule has 2 N–H and O–H groups in total. The Balaban J connectivity index is 2.08. The monoisotopic (exact) mass is 299 g/mol. The van der Waals surface area contributed by atoms with Crippen LogP contribution in [0.5, 0.6) is 0 Å². The largest absolute Gasteiger partial charge is 0.475 e. The Morgan fingerprint density at radius 1 is 1.40 bits per heavy atom. The third kappa shape index (κ3) is 3.28. The normalized spacial score (nSPS) is 13.2. The summed E-state index contributed by atoms with van der Waals surface area (Å²) in [5, 5.41) is 8.27. The van der Waals surface area contributed by atoms with Crippen LogP contribution < -0.4 is 4.72 Å². The van der Waals surface area contributed by atoms with Crippen LogP contribution in [0, 0.1) is 0 Å². The zero-order chi connectivity index (χ0) is 14.8. The van der Waals surface area contributed by atoms with Crippen LogP contribution >= 0.6 is 0 Å². The molecular weight excluding hydrogens is 286 g/mol. The third-order valence-corrected chi connectivity index (χ3v) is 3.96. The first-order valence-electron chi connectivity index (χ1n) is 5.76. The fourth-order valence-corrected chi connectivity index (χ4v) is 2.85. The van der Waals surface area contributed by atoms with E-state index in [2.05, 4.69) is 4.72 Å². The van der Waals surface area contributed by atoms with Crippen LogP contribution in [0.2, 0.25) is 0 Å². The van der Waals surface area contributed by atoms with Crippen molar-refractivity contribution in [2.24, 2.45) is 0 Å². The predicted octanol–water partition coefficient (Wildman–Crippen LogP) is 1.48. The van der Waals surface area contributed by atoms with Gasteiger partial charge in [0.15, 0.2) is 0 Å². The molecule has 20 heavy (non-hydrogen) atoms.